The van der Waals surface area contributed by atoms with Gasteiger partial charge in [-0.05, 0) is 12.3 Å². The molecule has 150 valence electrons. The first-order valence-corrected chi connectivity index (χ1v) is 9.31. The molecule has 0 aromatic carbocycles. The van der Waals surface area contributed by atoms with E-state index in [2.05, 4.69) is 25.8 Å². The topological polar surface area (TPSA) is 124 Å². The highest BCUT2D eigenvalue weighted by Crippen LogP contribution is 2.30. The van der Waals surface area contributed by atoms with Crippen LogP contribution in [0.2, 0.25) is 0 Å². The van der Waals surface area contributed by atoms with Crippen molar-refractivity contribution in [3.63, 3.8) is 0 Å². The van der Waals surface area contributed by atoms with Crippen molar-refractivity contribution < 1.29 is 14.8 Å². The number of amides is 2. The third-order valence-corrected chi connectivity index (χ3v) is 4.68. The van der Waals surface area contributed by atoms with E-state index in [0.29, 0.717) is 42.0 Å². The van der Waals surface area contributed by atoms with Gasteiger partial charge in [0, 0.05) is 20.5 Å². The van der Waals surface area contributed by atoms with Gasteiger partial charge in [0.25, 0.3) is 0 Å². The molecule has 3 N–H and O–H groups in total. The quantitative estimate of drug-likeness (QED) is 0.312. The van der Waals surface area contributed by atoms with Gasteiger partial charge in [0.2, 0.25) is 24.2 Å². The predicted octanol–water partition coefficient (Wildman–Crippen LogP) is 0.987. The number of aryl methyl sites for hydroxylation is 1. The maximum absolute atomic E-state index is 12.6. The Bertz CT molecular complexity index is 635. The summed E-state index contributed by atoms with van der Waals surface area (Å²) in [6.45, 7) is 1.89. The predicted molar refractivity (Wildman–Crippen MR) is 99.9 cm³/mol. The SMILES string of the molecule is CCc1nc(NNC(=O)C(CC2CCCC2)CN(O)C=O)nc(N(C)C)n1. The zero-order valence-corrected chi connectivity index (χ0v) is 16.2. The fourth-order valence-electron chi connectivity index (χ4n) is 3.22. The Morgan fingerprint density at radius 2 is 2.00 bits per heavy atom. The summed E-state index contributed by atoms with van der Waals surface area (Å²) in [5.41, 5.74) is 5.34. The van der Waals surface area contributed by atoms with E-state index in [9.17, 15) is 14.8 Å². The molecule has 1 aliphatic carbocycles. The molecule has 1 aliphatic rings. The summed E-state index contributed by atoms with van der Waals surface area (Å²) in [7, 11) is 3.65. The number of carbonyl (C=O) groups is 2. The molecule has 1 aromatic heterocycles. The molecule has 0 aliphatic heterocycles. The van der Waals surface area contributed by atoms with Crippen LogP contribution in [0.25, 0.3) is 0 Å². The van der Waals surface area contributed by atoms with Gasteiger partial charge in [-0.1, -0.05) is 32.6 Å². The standard InChI is InChI=1S/C17H29N7O3/c1-4-14-18-16(20-17(19-14)23(2)3)22-21-15(26)13(10-24(27)11-25)9-12-7-5-6-8-12/h11-13,27H,4-10H2,1-3H3,(H,21,26)(H,18,19,20,22). The average molecular weight is 379 g/mol. The summed E-state index contributed by atoms with van der Waals surface area (Å²) < 4.78 is 0. The second-order valence-corrected chi connectivity index (χ2v) is 7.05. The number of hydrazine groups is 1. The number of hydrogen-bond acceptors (Lipinski definition) is 8. The zero-order chi connectivity index (χ0) is 19.8. The van der Waals surface area contributed by atoms with Crippen LogP contribution >= 0.6 is 0 Å². The van der Waals surface area contributed by atoms with Gasteiger partial charge in [0.15, 0.2) is 0 Å². The summed E-state index contributed by atoms with van der Waals surface area (Å²) in [5.74, 6) is 0.947. The molecule has 2 amide bonds. The van der Waals surface area contributed by atoms with E-state index >= 15 is 0 Å². The number of hydrogen-bond donors (Lipinski definition) is 3. The van der Waals surface area contributed by atoms with Crippen LogP contribution in [0.15, 0.2) is 0 Å². The lowest BCUT2D eigenvalue weighted by atomic mass is 9.92. The zero-order valence-electron chi connectivity index (χ0n) is 16.2. The van der Waals surface area contributed by atoms with Gasteiger partial charge in [-0.15, -0.1) is 0 Å². The van der Waals surface area contributed by atoms with E-state index in [1.807, 2.05) is 21.0 Å². The Morgan fingerprint density at radius 3 is 2.59 bits per heavy atom. The Morgan fingerprint density at radius 1 is 1.30 bits per heavy atom. The van der Waals surface area contributed by atoms with Crippen molar-refractivity contribution in [2.45, 2.75) is 45.4 Å². The number of nitrogens with zero attached hydrogens (tertiary/aromatic N) is 5. The molecule has 0 saturated heterocycles. The summed E-state index contributed by atoms with van der Waals surface area (Å²) in [6.07, 6.45) is 6.03. The Hall–Kier alpha value is -2.49. The van der Waals surface area contributed by atoms with E-state index in [4.69, 9.17) is 0 Å². The van der Waals surface area contributed by atoms with E-state index in [1.54, 1.807) is 4.90 Å². The number of nitrogens with one attached hydrogen (secondary N) is 2. The number of aromatic nitrogens is 3. The molecule has 10 nitrogen and oxygen atoms in total. The van der Waals surface area contributed by atoms with Crippen LogP contribution in [0.3, 0.4) is 0 Å². The summed E-state index contributed by atoms with van der Waals surface area (Å²) in [4.78, 5) is 37.9. The highest BCUT2D eigenvalue weighted by atomic mass is 16.5. The van der Waals surface area contributed by atoms with Gasteiger partial charge in [-0.25, -0.2) is 5.06 Å². The van der Waals surface area contributed by atoms with Crippen molar-refractivity contribution in [2.75, 3.05) is 31.0 Å². The molecule has 0 spiro atoms. The Labute approximate surface area is 159 Å². The summed E-state index contributed by atoms with van der Waals surface area (Å²) in [5, 5.41) is 10.0. The van der Waals surface area contributed by atoms with Crippen LogP contribution in [-0.2, 0) is 16.0 Å². The molecule has 27 heavy (non-hydrogen) atoms. The van der Waals surface area contributed by atoms with Crippen LogP contribution < -0.4 is 15.8 Å². The number of carbonyl (C=O) groups excluding carboxylic acids is 2. The largest absolute Gasteiger partial charge is 0.347 e. The first-order valence-electron chi connectivity index (χ1n) is 9.31. The van der Waals surface area contributed by atoms with Crippen LogP contribution in [0, 0.1) is 11.8 Å². The molecular weight excluding hydrogens is 350 g/mol. The first-order chi connectivity index (χ1) is 12.9. The number of rotatable bonds is 10. The normalized spacial score (nSPS) is 15.3. The lowest BCUT2D eigenvalue weighted by Crippen LogP contribution is -2.41. The molecule has 1 heterocycles. The maximum Gasteiger partial charge on any atom is 0.246 e. The van der Waals surface area contributed by atoms with Crippen LogP contribution in [0.5, 0.6) is 0 Å². The second kappa shape index (κ2) is 10.0. The van der Waals surface area contributed by atoms with Crippen molar-refractivity contribution in [3.8, 4) is 0 Å². The van der Waals surface area contributed by atoms with Crippen molar-refractivity contribution in [1.29, 1.82) is 0 Å². The molecule has 1 unspecified atom stereocenters. The number of anilines is 2. The summed E-state index contributed by atoms with van der Waals surface area (Å²) in [6, 6.07) is 0. The van der Waals surface area contributed by atoms with Gasteiger partial charge in [-0.3, -0.25) is 25.6 Å². The molecule has 2 rings (SSSR count). The lowest BCUT2D eigenvalue weighted by molar-refractivity contribution is -0.154. The molecule has 0 bridgehead atoms. The second-order valence-electron chi connectivity index (χ2n) is 7.05. The van der Waals surface area contributed by atoms with E-state index in [-0.39, 0.29) is 18.4 Å². The average Bonchev–Trinajstić information content (AvgIpc) is 3.18. The molecule has 0 radical (unpaired) electrons. The van der Waals surface area contributed by atoms with Crippen molar-refractivity contribution >= 4 is 24.2 Å². The van der Waals surface area contributed by atoms with E-state index in [1.165, 1.54) is 0 Å². The highest BCUT2D eigenvalue weighted by molar-refractivity contribution is 5.80. The number of hydroxylamine groups is 2. The minimum atomic E-state index is -0.517. The molecule has 1 aromatic rings. The molecule has 1 atom stereocenters. The van der Waals surface area contributed by atoms with Gasteiger partial charge in [0.05, 0.1) is 12.5 Å². The van der Waals surface area contributed by atoms with Crippen LogP contribution in [0.4, 0.5) is 11.9 Å². The van der Waals surface area contributed by atoms with Gasteiger partial charge >= 0.3 is 0 Å². The molecule has 1 saturated carbocycles. The van der Waals surface area contributed by atoms with E-state index in [0.717, 1.165) is 25.7 Å². The van der Waals surface area contributed by atoms with Gasteiger partial charge in [-0.2, -0.15) is 15.0 Å². The Kier molecular flexibility index (Phi) is 7.71. The van der Waals surface area contributed by atoms with Gasteiger partial charge in [0.1, 0.15) is 5.82 Å². The molecule has 1 fully saturated rings. The third-order valence-electron chi connectivity index (χ3n) is 4.68. The van der Waals surface area contributed by atoms with Crippen molar-refractivity contribution in [1.82, 2.24) is 25.4 Å². The maximum atomic E-state index is 12.6. The lowest BCUT2D eigenvalue weighted by Gasteiger charge is -2.22. The molecule has 10 heteroatoms. The van der Waals surface area contributed by atoms with Crippen LogP contribution in [-0.4, -0.2) is 58.2 Å². The van der Waals surface area contributed by atoms with E-state index < -0.39 is 5.92 Å². The summed E-state index contributed by atoms with van der Waals surface area (Å²) >= 11 is 0. The van der Waals surface area contributed by atoms with Crippen molar-refractivity contribution in [2.24, 2.45) is 11.8 Å². The monoisotopic (exact) mass is 379 g/mol. The molecular formula is C17H29N7O3. The van der Waals surface area contributed by atoms with Crippen molar-refractivity contribution in [3.05, 3.63) is 5.82 Å². The first kappa shape index (κ1) is 20.8. The Balaban J connectivity index is 2.03. The van der Waals surface area contributed by atoms with Gasteiger partial charge < -0.3 is 4.90 Å². The smallest absolute Gasteiger partial charge is 0.246 e. The fourth-order valence-corrected chi connectivity index (χ4v) is 3.22. The minimum Gasteiger partial charge on any atom is -0.347 e. The fraction of sp³-hybridized carbons (Fsp3) is 0.706. The minimum absolute atomic E-state index is 0.0477. The van der Waals surface area contributed by atoms with Crippen LogP contribution in [0.1, 0.15) is 44.9 Å². The highest BCUT2D eigenvalue weighted by Gasteiger charge is 2.27. The third kappa shape index (κ3) is 6.31.